The summed E-state index contributed by atoms with van der Waals surface area (Å²) in [5.74, 6) is -0.933. The summed E-state index contributed by atoms with van der Waals surface area (Å²) in [4.78, 5) is 26.6. The molecular formula is C32H33N3O4S. The van der Waals surface area contributed by atoms with Crippen LogP contribution in [0, 0.1) is 20.8 Å². The summed E-state index contributed by atoms with van der Waals surface area (Å²) in [6, 6.07) is 27.9. The number of sulfonamides is 1. The highest BCUT2D eigenvalue weighted by Crippen LogP contribution is 2.27. The summed E-state index contributed by atoms with van der Waals surface area (Å²) < 4.78 is 28.6. The molecule has 4 aromatic rings. The third kappa shape index (κ3) is 6.76. The highest BCUT2D eigenvalue weighted by Gasteiger charge is 2.28. The van der Waals surface area contributed by atoms with Gasteiger partial charge >= 0.3 is 0 Å². The van der Waals surface area contributed by atoms with Crippen LogP contribution >= 0.6 is 0 Å². The van der Waals surface area contributed by atoms with Crippen LogP contribution in [0.3, 0.4) is 0 Å². The highest BCUT2D eigenvalue weighted by atomic mass is 32.2. The van der Waals surface area contributed by atoms with Gasteiger partial charge in [-0.2, -0.15) is 0 Å². The molecule has 0 fully saturated rings. The zero-order valence-electron chi connectivity index (χ0n) is 23.0. The van der Waals surface area contributed by atoms with Crippen LogP contribution in [0.25, 0.3) is 0 Å². The second-order valence-corrected chi connectivity index (χ2v) is 11.7. The molecular weight excluding hydrogens is 522 g/mol. The Labute approximate surface area is 235 Å². The molecule has 0 aromatic heterocycles. The van der Waals surface area contributed by atoms with Gasteiger partial charge in [-0.15, -0.1) is 0 Å². The van der Waals surface area contributed by atoms with Crippen molar-refractivity contribution < 1.29 is 18.0 Å². The topological polar surface area (TPSA) is 95.6 Å². The number of amides is 2. The van der Waals surface area contributed by atoms with Crippen molar-refractivity contribution >= 4 is 33.2 Å². The summed E-state index contributed by atoms with van der Waals surface area (Å²) in [6.07, 6.45) is 0. The van der Waals surface area contributed by atoms with Crippen LogP contribution in [0.15, 0.2) is 102 Å². The summed E-state index contributed by atoms with van der Waals surface area (Å²) in [5.41, 5.74) is 4.56. The largest absolute Gasteiger partial charge is 0.345 e. The number of anilines is 2. The van der Waals surface area contributed by atoms with Gasteiger partial charge < -0.3 is 10.6 Å². The first kappa shape index (κ1) is 28.6. The van der Waals surface area contributed by atoms with Crippen LogP contribution < -0.4 is 14.9 Å². The van der Waals surface area contributed by atoms with Gasteiger partial charge in [0.05, 0.1) is 27.9 Å². The molecule has 0 unspecified atom stereocenters. The van der Waals surface area contributed by atoms with Gasteiger partial charge in [0.25, 0.3) is 15.9 Å². The Morgan fingerprint density at radius 3 is 2.02 bits per heavy atom. The van der Waals surface area contributed by atoms with Crippen LogP contribution in [0.5, 0.6) is 0 Å². The minimum Gasteiger partial charge on any atom is -0.345 e. The number of benzene rings is 4. The number of nitrogens with one attached hydrogen (secondary N) is 2. The van der Waals surface area contributed by atoms with E-state index in [1.165, 1.54) is 12.1 Å². The third-order valence-corrected chi connectivity index (χ3v) is 8.27. The summed E-state index contributed by atoms with van der Waals surface area (Å²) in [7, 11) is -4.07. The van der Waals surface area contributed by atoms with Crippen molar-refractivity contribution in [2.45, 2.75) is 38.6 Å². The lowest BCUT2D eigenvalue weighted by Crippen LogP contribution is -2.38. The van der Waals surface area contributed by atoms with Gasteiger partial charge in [-0.05, 0) is 80.8 Å². The van der Waals surface area contributed by atoms with Gasteiger partial charge in [-0.3, -0.25) is 13.9 Å². The van der Waals surface area contributed by atoms with Crippen molar-refractivity contribution in [2.75, 3.05) is 16.2 Å². The molecule has 1 atom stereocenters. The molecule has 4 aromatic carbocycles. The number of para-hydroxylation sites is 1. The molecule has 0 aliphatic carbocycles. The van der Waals surface area contributed by atoms with E-state index in [-0.39, 0.29) is 22.4 Å². The second-order valence-electron chi connectivity index (χ2n) is 9.87. The van der Waals surface area contributed by atoms with Gasteiger partial charge in [-0.25, -0.2) is 8.42 Å². The first-order chi connectivity index (χ1) is 19.0. The van der Waals surface area contributed by atoms with E-state index >= 15 is 0 Å². The van der Waals surface area contributed by atoms with E-state index in [0.717, 1.165) is 26.6 Å². The zero-order chi connectivity index (χ0) is 28.9. The van der Waals surface area contributed by atoms with E-state index in [1.54, 1.807) is 48.5 Å². The Hall–Kier alpha value is -4.43. The number of aryl methyl sites for hydroxylation is 3. The molecule has 0 heterocycles. The molecule has 0 radical (unpaired) electrons. The van der Waals surface area contributed by atoms with Gasteiger partial charge in [-0.1, -0.05) is 66.2 Å². The fourth-order valence-corrected chi connectivity index (χ4v) is 5.86. The van der Waals surface area contributed by atoms with E-state index in [9.17, 15) is 18.0 Å². The Bertz CT molecular complexity index is 1600. The van der Waals surface area contributed by atoms with Crippen molar-refractivity contribution in [2.24, 2.45) is 0 Å². The van der Waals surface area contributed by atoms with Crippen LogP contribution in [0.4, 0.5) is 11.4 Å². The molecule has 7 nitrogen and oxygen atoms in total. The average molecular weight is 556 g/mol. The molecule has 2 amide bonds. The molecule has 206 valence electrons. The first-order valence-corrected chi connectivity index (χ1v) is 14.4. The number of hydrogen-bond donors (Lipinski definition) is 2. The van der Waals surface area contributed by atoms with E-state index in [1.807, 2.05) is 64.1 Å². The van der Waals surface area contributed by atoms with Crippen LogP contribution in [0.2, 0.25) is 0 Å². The standard InChI is InChI=1S/C32H33N3O4S/c1-22-14-16-28(17-15-22)40(38,39)35(27-19-23(2)18-24(3)20-27)21-31(36)34-30-13-9-8-12-29(30)32(37)33-25(4)26-10-6-5-7-11-26/h5-20,25H,21H2,1-4H3,(H,33,37)(H,34,36)/t25-/m1/s1. The lowest BCUT2D eigenvalue weighted by atomic mass is 10.1. The highest BCUT2D eigenvalue weighted by molar-refractivity contribution is 7.92. The maximum atomic E-state index is 13.8. The molecule has 0 saturated heterocycles. The molecule has 0 saturated carbocycles. The van der Waals surface area contributed by atoms with Crippen molar-refractivity contribution in [3.63, 3.8) is 0 Å². The lowest BCUT2D eigenvalue weighted by molar-refractivity contribution is -0.114. The molecule has 40 heavy (non-hydrogen) atoms. The van der Waals surface area contributed by atoms with Gasteiger partial charge in [0.15, 0.2) is 0 Å². The van der Waals surface area contributed by atoms with Crippen molar-refractivity contribution in [3.8, 4) is 0 Å². The molecule has 0 aliphatic heterocycles. The summed E-state index contributed by atoms with van der Waals surface area (Å²) in [6.45, 7) is 7.03. The minimum atomic E-state index is -4.07. The van der Waals surface area contributed by atoms with E-state index in [2.05, 4.69) is 10.6 Å². The van der Waals surface area contributed by atoms with E-state index in [4.69, 9.17) is 0 Å². The quantitative estimate of drug-likeness (QED) is 0.267. The summed E-state index contributed by atoms with van der Waals surface area (Å²) >= 11 is 0. The third-order valence-electron chi connectivity index (χ3n) is 6.48. The Balaban J connectivity index is 1.60. The minimum absolute atomic E-state index is 0.0831. The SMILES string of the molecule is Cc1ccc(S(=O)(=O)N(CC(=O)Nc2ccccc2C(=O)N[C@H](C)c2ccccc2)c2cc(C)cc(C)c2)cc1. The summed E-state index contributed by atoms with van der Waals surface area (Å²) in [5, 5.41) is 5.72. The number of carbonyl (C=O) groups excluding carboxylic acids is 2. The Morgan fingerprint density at radius 2 is 1.38 bits per heavy atom. The predicted molar refractivity (Wildman–Crippen MR) is 159 cm³/mol. The van der Waals surface area contributed by atoms with Gasteiger partial charge in [0.2, 0.25) is 5.91 Å². The van der Waals surface area contributed by atoms with E-state index < -0.39 is 22.5 Å². The molecule has 2 N–H and O–H groups in total. The van der Waals surface area contributed by atoms with Crippen LogP contribution in [-0.2, 0) is 14.8 Å². The fourth-order valence-electron chi connectivity index (χ4n) is 4.46. The molecule has 4 rings (SSSR count). The number of hydrogen-bond acceptors (Lipinski definition) is 4. The Morgan fingerprint density at radius 1 is 0.775 bits per heavy atom. The van der Waals surface area contributed by atoms with Gasteiger partial charge in [0.1, 0.15) is 6.54 Å². The molecule has 0 aliphatic rings. The molecule has 0 bridgehead atoms. The predicted octanol–water partition coefficient (Wildman–Crippen LogP) is 5.94. The van der Waals surface area contributed by atoms with Crippen LogP contribution in [0.1, 0.15) is 45.6 Å². The monoisotopic (exact) mass is 555 g/mol. The van der Waals surface area contributed by atoms with Gasteiger partial charge in [0, 0.05) is 0 Å². The molecule has 8 heteroatoms. The Kier molecular flexibility index (Phi) is 8.70. The van der Waals surface area contributed by atoms with Crippen molar-refractivity contribution in [1.82, 2.24) is 5.32 Å². The first-order valence-electron chi connectivity index (χ1n) is 13.0. The van der Waals surface area contributed by atoms with Crippen molar-refractivity contribution in [3.05, 3.63) is 125 Å². The molecule has 0 spiro atoms. The fraction of sp³-hybridized carbons (Fsp3) is 0.188. The number of carbonyl (C=O) groups is 2. The lowest BCUT2D eigenvalue weighted by Gasteiger charge is -2.25. The average Bonchev–Trinajstić information content (AvgIpc) is 2.92. The maximum Gasteiger partial charge on any atom is 0.264 e. The van der Waals surface area contributed by atoms with E-state index in [0.29, 0.717) is 11.4 Å². The smallest absolute Gasteiger partial charge is 0.264 e. The van der Waals surface area contributed by atoms with Crippen LogP contribution in [-0.4, -0.2) is 26.8 Å². The number of nitrogens with zero attached hydrogens (tertiary/aromatic N) is 1. The number of rotatable bonds is 9. The second kappa shape index (κ2) is 12.2. The normalized spacial score (nSPS) is 11.9. The van der Waals surface area contributed by atoms with Crippen molar-refractivity contribution in [1.29, 1.82) is 0 Å². The maximum absolute atomic E-state index is 13.8. The zero-order valence-corrected chi connectivity index (χ0v) is 23.8.